The van der Waals surface area contributed by atoms with Gasteiger partial charge in [0.25, 0.3) is 0 Å². The van der Waals surface area contributed by atoms with Crippen molar-refractivity contribution in [3.8, 4) is 0 Å². The highest BCUT2D eigenvalue weighted by Crippen LogP contribution is 2.15. The van der Waals surface area contributed by atoms with Gasteiger partial charge in [-0.25, -0.2) is 4.79 Å². The molecule has 22 heavy (non-hydrogen) atoms. The molecule has 0 spiro atoms. The van der Waals surface area contributed by atoms with Crippen molar-refractivity contribution in [2.45, 2.75) is 46.0 Å². The molecule has 1 saturated heterocycles. The highest BCUT2D eigenvalue weighted by Gasteiger charge is 2.42. The fourth-order valence-electron chi connectivity index (χ4n) is 2.38. The number of nitrogens with one attached hydrogen (secondary N) is 1. The van der Waals surface area contributed by atoms with E-state index in [9.17, 15) is 14.4 Å². The summed E-state index contributed by atoms with van der Waals surface area (Å²) in [6.07, 6.45) is 6.29. The molecule has 0 aromatic heterocycles. The second kappa shape index (κ2) is 9.12. The summed E-state index contributed by atoms with van der Waals surface area (Å²) in [5.41, 5.74) is 0.542. The lowest BCUT2D eigenvalue weighted by Gasteiger charge is -2.29. The SMILES string of the molecule is C=CCN1C(=O)NC(=O)C(C(CC)=NCCCCCC)C1=O. The average Bonchev–Trinajstić information content (AvgIpc) is 2.49. The molecule has 0 saturated carbocycles. The Kier molecular flexibility index (Phi) is 7.49. The summed E-state index contributed by atoms with van der Waals surface area (Å²) in [4.78, 5) is 41.5. The lowest BCUT2D eigenvalue weighted by Crippen LogP contribution is -2.59. The van der Waals surface area contributed by atoms with Crippen LogP contribution in [0, 0.1) is 5.92 Å². The fourth-order valence-corrected chi connectivity index (χ4v) is 2.38. The van der Waals surface area contributed by atoms with E-state index in [0.29, 0.717) is 18.7 Å². The van der Waals surface area contributed by atoms with E-state index in [2.05, 4.69) is 23.8 Å². The molecule has 0 aromatic carbocycles. The number of urea groups is 1. The molecule has 0 aliphatic carbocycles. The monoisotopic (exact) mass is 307 g/mol. The summed E-state index contributed by atoms with van der Waals surface area (Å²) in [5.74, 6) is -2.08. The number of nitrogens with zero attached hydrogens (tertiary/aromatic N) is 2. The van der Waals surface area contributed by atoms with Crippen molar-refractivity contribution < 1.29 is 14.4 Å². The first-order valence-electron chi connectivity index (χ1n) is 7.87. The highest BCUT2D eigenvalue weighted by molar-refractivity contribution is 6.27. The maximum absolute atomic E-state index is 12.4. The molecule has 1 N–H and O–H groups in total. The number of amides is 4. The van der Waals surface area contributed by atoms with Crippen LogP contribution in [-0.2, 0) is 9.59 Å². The summed E-state index contributed by atoms with van der Waals surface area (Å²) in [6, 6.07) is -0.690. The second-order valence-electron chi connectivity index (χ2n) is 5.25. The number of hydrogen-bond donors (Lipinski definition) is 1. The van der Waals surface area contributed by atoms with E-state index in [1.54, 1.807) is 0 Å². The first-order chi connectivity index (χ1) is 10.6. The third kappa shape index (κ3) is 4.51. The molecular formula is C16H25N3O3. The van der Waals surface area contributed by atoms with Crippen molar-refractivity contribution in [1.29, 1.82) is 0 Å². The first kappa shape index (κ1) is 18.1. The van der Waals surface area contributed by atoms with Crippen molar-refractivity contribution in [3.05, 3.63) is 12.7 Å². The van der Waals surface area contributed by atoms with Crippen LogP contribution in [0.25, 0.3) is 0 Å². The summed E-state index contributed by atoms with van der Waals surface area (Å²) in [5, 5.41) is 2.22. The molecule has 122 valence electrons. The number of unbranched alkanes of at least 4 members (excludes halogenated alkanes) is 3. The maximum atomic E-state index is 12.4. The number of aliphatic imine (C=N–C) groups is 1. The van der Waals surface area contributed by atoms with Gasteiger partial charge in [-0.3, -0.25) is 24.8 Å². The largest absolute Gasteiger partial charge is 0.331 e. The normalized spacial score (nSPS) is 19.4. The molecule has 1 aliphatic rings. The highest BCUT2D eigenvalue weighted by atomic mass is 16.2. The Morgan fingerprint density at radius 2 is 2.00 bits per heavy atom. The predicted molar refractivity (Wildman–Crippen MR) is 85.7 cm³/mol. The van der Waals surface area contributed by atoms with Crippen LogP contribution in [0.15, 0.2) is 17.6 Å². The third-order valence-corrected chi connectivity index (χ3v) is 3.58. The smallest absolute Gasteiger partial charge is 0.293 e. The van der Waals surface area contributed by atoms with E-state index >= 15 is 0 Å². The van der Waals surface area contributed by atoms with Gasteiger partial charge in [0.1, 0.15) is 0 Å². The lowest BCUT2D eigenvalue weighted by molar-refractivity contribution is -0.139. The van der Waals surface area contributed by atoms with Crippen LogP contribution in [0.2, 0.25) is 0 Å². The van der Waals surface area contributed by atoms with Gasteiger partial charge in [0.2, 0.25) is 11.8 Å². The first-order valence-corrected chi connectivity index (χ1v) is 7.87. The third-order valence-electron chi connectivity index (χ3n) is 3.58. The summed E-state index contributed by atoms with van der Waals surface area (Å²) < 4.78 is 0. The molecule has 1 aliphatic heterocycles. The summed E-state index contributed by atoms with van der Waals surface area (Å²) in [7, 11) is 0. The van der Waals surface area contributed by atoms with Crippen molar-refractivity contribution in [2.75, 3.05) is 13.1 Å². The minimum absolute atomic E-state index is 0.0853. The van der Waals surface area contributed by atoms with Crippen LogP contribution in [0.5, 0.6) is 0 Å². The lowest BCUT2D eigenvalue weighted by atomic mass is 9.96. The summed E-state index contributed by atoms with van der Waals surface area (Å²) >= 11 is 0. The topological polar surface area (TPSA) is 78.8 Å². The molecule has 1 rings (SSSR count). The van der Waals surface area contributed by atoms with E-state index in [1.807, 2.05) is 6.92 Å². The quantitative estimate of drug-likeness (QED) is 0.307. The molecule has 0 aromatic rings. The van der Waals surface area contributed by atoms with Crippen LogP contribution in [0.1, 0.15) is 46.0 Å². The van der Waals surface area contributed by atoms with Gasteiger partial charge in [-0.2, -0.15) is 0 Å². The van der Waals surface area contributed by atoms with Crippen LogP contribution in [0.3, 0.4) is 0 Å². The van der Waals surface area contributed by atoms with Crippen molar-refractivity contribution in [2.24, 2.45) is 10.9 Å². The molecule has 6 heteroatoms. The Morgan fingerprint density at radius 1 is 1.27 bits per heavy atom. The molecule has 4 amide bonds. The van der Waals surface area contributed by atoms with Crippen LogP contribution >= 0.6 is 0 Å². The van der Waals surface area contributed by atoms with Gasteiger partial charge in [0.05, 0.1) is 0 Å². The molecule has 6 nitrogen and oxygen atoms in total. The van der Waals surface area contributed by atoms with Gasteiger partial charge < -0.3 is 0 Å². The second-order valence-corrected chi connectivity index (χ2v) is 5.25. The Balaban J connectivity index is 2.82. The van der Waals surface area contributed by atoms with E-state index in [0.717, 1.165) is 30.6 Å². The fraction of sp³-hybridized carbons (Fsp3) is 0.625. The van der Waals surface area contributed by atoms with Gasteiger partial charge in [-0.1, -0.05) is 39.2 Å². The Labute approximate surface area is 131 Å². The van der Waals surface area contributed by atoms with Crippen molar-refractivity contribution >= 4 is 23.6 Å². The standard InChI is InChI=1S/C16H25N3O3/c1-4-7-8-9-10-17-12(6-3)13-14(20)18-16(22)19(11-5-2)15(13)21/h5,13H,2,4,6-11H2,1,3H3,(H,18,20,22). The summed E-state index contributed by atoms with van der Waals surface area (Å²) in [6.45, 7) is 8.21. The molecule has 1 heterocycles. The number of imide groups is 2. The molecule has 0 bridgehead atoms. The van der Waals surface area contributed by atoms with Crippen molar-refractivity contribution in [3.63, 3.8) is 0 Å². The zero-order valence-corrected chi connectivity index (χ0v) is 13.4. The molecule has 1 atom stereocenters. The molecule has 0 radical (unpaired) electrons. The zero-order chi connectivity index (χ0) is 16.5. The Bertz CT molecular complexity index is 471. The number of barbiturate groups is 1. The average molecular weight is 307 g/mol. The molecule has 1 unspecified atom stereocenters. The van der Waals surface area contributed by atoms with Crippen LogP contribution in [-0.4, -0.2) is 41.5 Å². The van der Waals surface area contributed by atoms with Gasteiger partial charge in [-0.15, -0.1) is 6.58 Å². The number of rotatable bonds is 9. The van der Waals surface area contributed by atoms with Crippen LogP contribution in [0.4, 0.5) is 4.79 Å². The van der Waals surface area contributed by atoms with Crippen LogP contribution < -0.4 is 5.32 Å². The minimum atomic E-state index is -0.992. The van der Waals surface area contributed by atoms with Gasteiger partial charge in [0.15, 0.2) is 5.92 Å². The Morgan fingerprint density at radius 3 is 2.59 bits per heavy atom. The predicted octanol–water partition coefficient (Wildman–Crippen LogP) is 2.30. The van der Waals surface area contributed by atoms with E-state index in [4.69, 9.17) is 0 Å². The molecular weight excluding hydrogens is 282 g/mol. The zero-order valence-electron chi connectivity index (χ0n) is 13.4. The van der Waals surface area contributed by atoms with Crippen molar-refractivity contribution in [1.82, 2.24) is 10.2 Å². The van der Waals surface area contributed by atoms with E-state index in [-0.39, 0.29) is 6.54 Å². The number of carbonyl (C=O) groups is 3. The van der Waals surface area contributed by atoms with Gasteiger partial charge in [0, 0.05) is 18.8 Å². The van der Waals surface area contributed by atoms with E-state index in [1.165, 1.54) is 6.08 Å². The maximum Gasteiger partial charge on any atom is 0.331 e. The van der Waals surface area contributed by atoms with Gasteiger partial charge >= 0.3 is 6.03 Å². The minimum Gasteiger partial charge on any atom is -0.293 e. The number of hydrogen-bond acceptors (Lipinski definition) is 4. The number of carbonyl (C=O) groups excluding carboxylic acids is 3. The van der Waals surface area contributed by atoms with E-state index < -0.39 is 23.8 Å². The van der Waals surface area contributed by atoms with Gasteiger partial charge in [-0.05, 0) is 12.8 Å². The Hall–Kier alpha value is -1.98. The molecule has 1 fully saturated rings.